The highest BCUT2D eigenvalue weighted by atomic mass is 16.5. The van der Waals surface area contributed by atoms with Gasteiger partial charge >= 0.3 is 0 Å². The van der Waals surface area contributed by atoms with Crippen LogP contribution in [0.1, 0.15) is 19.4 Å². The molecule has 0 saturated heterocycles. The summed E-state index contributed by atoms with van der Waals surface area (Å²) < 4.78 is 5.68. The molecule has 0 radical (unpaired) electrons. The van der Waals surface area contributed by atoms with Gasteiger partial charge in [0.15, 0.2) is 0 Å². The molecule has 1 aliphatic rings. The first-order valence-electron chi connectivity index (χ1n) is 4.21. The van der Waals surface area contributed by atoms with Crippen molar-refractivity contribution >= 4 is 6.08 Å². The van der Waals surface area contributed by atoms with Crippen LogP contribution in [0.5, 0.6) is 5.75 Å². The molecule has 0 aromatic heterocycles. The van der Waals surface area contributed by atoms with Gasteiger partial charge < -0.3 is 4.74 Å². The van der Waals surface area contributed by atoms with Crippen molar-refractivity contribution in [3.63, 3.8) is 0 Å². The Hall–Kier alpha value is -1.24. The third kappa shape index (κ3) is 1.11. The summed E-state index contributed by atoms with van der Waals surface area (Å²) in [5.41, 5.74) is 2.47. The Morgan fingerprint density at radius 2 is 2.00 bits per heavy atom. The Morgan fingerprint density at radius 3 is 2.83 bits per heavy atom. The van der Waals surface area contributed by atoms with Gasteiger partial charge in [0.1, 0.15) is 11.9 Å². The Bertz CT molecular complexity index is 326. The van der Waals surface area contributed by atoms with E-state index in [1.165, 1.54) is 11.1 Å². The predicted molar refractivity (Wildman–Crippen MR) is 50.2 cm³/mol. The Kier molecular flexibility index (Phi) is 1.65. The van der Waals surface area contributed by atoms with Crippen LogP contribution >= 0.6 is 0 Å². The molecule has 0 aliphatic carbocycles. The minimum Gasteiger partial charge on any atom is -0.486 e. The van der Waals surface area contributed by atoms with E-state index in [1.807, 2.05) is 18.2 Å². The molecule has 0 amide bonds. The van der Waals surface area contributed by atoms with E-state index < -0.39 is 0 Å². The first-order valence-corrected chi connectivity index (χ1v) is 4.21. The van der Waals surface area contributed by atoms with Crippen molar-refractivity contribution in [1.82, 2.24) is 0 Å². The minimum absolute atomic E-state index is 0.222. The smallest absolute Gasteiger partial charge is 0.127 e. The second-order valence-corrected chi connectivity index (χ2v) is 3.19. The molecule has 1 heteroatoms. The van der Waals surface area contributed by atoms with E-state index in [1.54, 1.807) is 0 Å². The maximum Gasteiger partial charge on any atom is 0.127 e. The molecule has 1 aromatic carbocycles. The summed E-state index contributed by atoms with van der Waals surface area (Å²) in [6.45, 7) is 4.17. The van der Waals surface area contributed by atoms with Gasteiger partial charge in [0.2, 0.25) is 0 Å². The molecule has 0 saturated carbocycles. The lowest BCUT2D eigenvalue weighted by molar-refractivity contribution is 0.253. The first kappa shape index (κ1) is 7.41. The van der Waals surface area contributed by atoms with Crippen molar-refractivity contribution in [2.24, 2.45) is 0 Å². The summed E-state index contributed by atoms with van der Waals surface area (Å²) in [5.74, 6) is 0.996. The molecule has 1 aromatic rings. The molecule has 1 atom stereocenters. The van der Waals surface area contributed by atoms with Gasteiger partial charge in [-0.15, -0.1) is 0 Å². The van der Waals surface area contributed by atoms with Crippen LogP contribution in [0, 0.1) is 0 Å². The van der Waals surface area contributed by atoms with Gasteiger partial charge in [-0.25, -0.2) is 0 Å². The van der Waals surface area contributed by atoms with Crippen LogP contribution in [0.3, 0.4) is 0 Å². The van der Waals surface area contributed by atoms with Gasteiger partial charge in [0.05, 0.1) is 0 Å². The van der Waals surface area contributed by atoms with Crippen molar-refractivity contribution < 1.29 is 4.74 Å². The standard InChI is InChI=1S/C11H12O/c1-8-7-10-5-3-4-6-11(10)12-9(8)2/h3-7,9H,1-2H3. The van der Waals surface area contributed by atoms with Crippen molar-refractivity contribution in [2.45, 2.75) is 20.0 Å². The second kappa shape index (κ2) is 2.67. The fourth-order valence-corrected chi connectivity index (χ4v) is 1.35. The monoisotopic (exact) mass is 160 g/mol. The zero-order valence-corrected chi connectivity index (χ0v) is 7.37. The second-order valence-electron chi connectivity index (χ2n) is 3.19. The molecule has 1 unspecified atom stereocenters. The summed E-state index contributed by atoms with van der Waals surface area (Å²) in [7, 11) is 0. The zero-order valence-electron chi connectivity index (χ0n) is 7.37. The molecule has 2 rings (SSSR count). The molecule has 1 nitrogen and oxygen atoms in total. The Morgan fingerprint density at radius 1 is 1.25 bits per heavy atom. The van der Waals surface area contributed by atoms with Crippen LogP contribution in [0.2, 0.25) is 0 Å². The predicted octanol–water partition coefficient (Wildman–Crippen LogP) is 2.87. The maximum absolute atomic E-state index is 5.68. The lowest BCUT2D eigenvalue weighted by atomic mass is 10.0. The molecule has 0 bridgehead atoms. The molecule has 62 valence electrons. The fraction of sp³-hybridized carbons (Fsp3) is 0.273. The van der Waals surface area contributed by atoms with Gasteiger partial charge in [0.25, 0.3) is 0 Å². The lowest BCUT2D eigenvalue weighted by Gasteiger charge is -2.22. The Labute approximate surface area is 72.7 Å². The number of hydrogen-bond donors (Lipinski definition) is 0. The van der Waals surface area contributed by atoms with Crippen LogP contribution in [0.25, 0.3) is 6.08 Å². The SMILES string of the molecule is CC1=Cc2ccccc2OC1C. The number of fused-ring (bicyclic) bond motifs is 1. The normalized spacial score (nSPS) is 20.8. The van der Waals surface area contributed by atoms with Crippen LogP contribution in [0.4, 0.5) is 0 Å². The third-order valence-electron chi connectivity index (χ3n) is 2.25. The molecule has 0 fully saturated rings. The maximum atomic E-state index is 5.68. The number of rotatable bonds is 0. The molecule has 0 N–H and O–H groups in total. The molecular weight excluding hydrogens is 148 g/mol. The van der Waals surface area contributed by atoms with Crippen LogP contribution in [-0.2, 0) is 0 Å². The highest BCUT2D eigenvalue weighted by molar-refractivity contribution is 5.62. The highest BCUT2D eigenvalue weighted by Crippen LogP contribution is 2.28. The van der Waals surface area contributed by atoms with Crippen LogP contribution in [0.15, 0.2) is 29.8 Å². The third-order valence-corrected chi connectivity index (χ3v) is 2.25. The van der Waals surface area contributed by atoms with Crippen molar-refractivity contribution in [1.29, 1.82) is 0 Å². The zero-order chi connectivity index (χ0) is 8.55. The van der Waals surface area contributed by atoms with Crippen LogP contribution < -0.4 is 4.74 Å². The summed E-state index contributed by atoms with van der Waals surface area (Å²) in [4.78, 5) is 0. The molecule has 12 heavy (non-hydrogen) atoms. The number of para-hydroxylation sites is 1. The van der Waals surface area contributed by atoms with E-state index in [2.05, 4.69) is 26.0 Å². The topological polar surface area (TPSA) is 9.23 Å². The minimum atomic E-state index is 0.222. The van der Waals surface area contributed by atoms with Gasteiger partial charge in [-0.05, 0) is 31.6 Å². The summed E-state index contributed by atoms with van der Waals surface area (Å²) in [5, 5.41) is 0. The largest absolute Gasteiger partial charge is 0.486 e. The van der Waals surface area contributed by atoms with E-state index in [4.69, 9.17) is 4.74 Å². The number of ether oxygens (including phenoxy) is 1. The van der Waals surface area contributed by atoms with Crippen molar-refractivity contribution in [3.05, 3.63) is 35.4 Å². The van der Waals surface area contributed by atoms with Crippen molar-refractivity contribution in [2.75, 3.05) is 0 Å². The molecular formula is C11H12O. The quantitative estimate of drug-likeness (QED) is 0.567. The molecule has 1 aliphatic heterocycles. The Balaban J connectivity index is 2.49. The average molecular weight is 160 g/mol. The highest BCUT2D eigenvalue weighted by Gasteiger charge is 2.13. The summed E-state index contributed by atoms with van der Waals surface area (Å²) >= 11 is 0. The first-order chi connectivity index (χ1) is 5.77. The van der Waals surface area contributed by atoms with Crippen molar-refractivity contribution in [3.8, 4) is 5.75 Å². The van der Waals surface area contributed by atoms with E-state index in [-0.39, 0.29) is 6.10 Å². The summed E-state index contributed by atoms with van der Waals surface area (Å²) in [6.07, 6.45) is 2.41. The number of hydrogen-bond acceptors (Lipinski definition) is 1. The van der Waals surface area contributed by atoms with E-state index in [0.717, 1.165) is 5.75 Å². The van der Waals surface area contributed by atoms with Gasteiger partial charge in [0, 0.05) is 5.56 Å². The fourth-order valence-electron chi connectivity index (χ4n) is 1.35. The van der Waals surface area contributed by atoms with Crippen LogP contribution in [-0.4, -0.2) is 6.10 Å². The van der Waals surface area contributed by atoms with E-state index in [0.29, 0.717) is 0 Å². The molecule has 1 heterocycles. The average Bonchev–Trinajstić information content (AvgIpc) is 2.07. The lowest BCUT2D eigenvalue weighted by Crippen LogP contribution is -2.16. The van der Waals surface area contributed by atoms with E-state index in [9.17, 15) is 0 Å². The van der Waals surface area contributed by atoms with E-state index >= 15 is 0 Å². The molecule has 0 spiro atoms. The van der Waals surface area contributed by atoms with Gasteiger partial charge in [-0.2, -0.15) is 0 Å². The number of benzene rings is 1. The van der Waals surface area contributed by atoms with Gasteiger partial charge in [-0.3, -0.25) is 0 Å². The van der Waals surface area contributed by atoms with Gasteiger partial charge in [-0.1, -0.05) is 18.2 Å². The summed E-state index contributed by atoms with van der Waals surface area (Å²) in [6, 6.07) is 8.11.